The molecule has 8 heteroatoms. The van der Waals surface area contributed by atoms with E-state index in [4.69, 9.17) is 10.9 Å². The molecule has 1 rings (SSSR count). The van der Waals surface area contributed by atoms with Crippen LogP contribution in [0.1, 0.15) is 18.2 Å². The van der Waals surface area contributed by atoms with Gasteiger partial charge < -0.3 is 15.8 Å². The maximum atomic E-state index is 12.5. The first-order chi connectivity index (χ1) is 8.78. The van der Waals surface area contributed by atoms with Crippen molar-refractivity contribution in [3.63, 3.8) is 0 Å². The Morgan fingerprint density at radius 2 is 2.11 bits per heavy atom. The number of aromatic nitrogens is 1. The first-order valence-corrected chi connectivity index (χ1v) is 5.55. The number of hydrogen-bond donors (Lipinski definition) is 2. The van der Waals surface area contributed by atoms with Gasteiger partial charge in [0.2, 0.25) is 0 Å². The van der Waals surface area contributed by atoms with Crippen molar-refractivity contribution in [2.45, 2.75) is 20.0 Å². The maximum absolute atomic E-state index is 12.5. The van der Waals surface area contributed by atoms with Crippen LogP contribution in [0, 0.1) is 6.92 Å². The summed E-state index contributed by atoms with van der Waals surface area (Å²) in [6.07, 6.45) is -4.36. The number of anilines is 1. The van der Waals surface area contributed by atoms with E-state index in [2.05, 4.69) is 10.1 Å². The molecule has 106 valence electrons. The van der Waals surface area contributed by atoms with Crippen LogP contribution < -0.4 is 10.6 Å². The third kappa shape index (κ3) is 4.01. The fraction of sp³-hybridized carbons (Fsp3) is 0.455. The van der Waals surface area contributed by atoms with E-state index in [0.717, 1.165) is 4.90 Å². The first-order valence-electron chi connectivity index (χ1n) is 5.55. The standard InChI is InChI=1S/C11H15F3N4O/c1-3-18(6-11(12,13)14)10-8(9(15)17-19)5-4-7(2)16-10/h4-5,19H,3,6H2,1-2H3,(H2,15,17). The van der Waals surface area contributed by atoms with E-state index in [0.29, 0.717) is 5.69 Å². The molecule has 0 aliphatic carbocycles. The topological polar surface area (TPSA) is 74.7 Å². The second-order valence-corrected chi connectivity index (χ2v) is 3.94. The van der Waals surface area contributed by atoms with Gasteiger partial charge in [-0.05, 0) is 26.0 Å². The van der Waals surface area contributed by atoms with Crippen LogP contribution in [0.15, 0.2) is 17.3 Å². The zero-order valence-electron chi connectivity index (χ0n) is 10.6. The van der Waals surface area contributed by atoms with E-state index in [1.165, 1.54) is 6.07 Å². The number of nitrogens with two attached hydrogens (primary N) is 1. The van der Waals surface area contributed by atoms with E-state index in [1.54, 1.807) is 19.9 Å². The second-order valence-electron chi connectivity index (χ2n) is 3.94. The van der Waals surface area contributed by atoms with Gasteiger partial charge in [0.05, 0.1) is 5.56 Å². The van der Waals surface area contributed by atoms with E-state index in [1.807, 2.05) is 0 Å². The molecule has 0 saturated carbocycles. The highest BCUT2D eigenvalue weighted by Crippen LogP contribution is 2.23. The second kappa shape index (κ2) is 5.77. The van der Waals surface area contributed by atoms with Crippen LogP contribution in [0.5, 0.6) is 0 Å². The fourth-order valence-electron chi connectivity index (χ4n) is 1.59. The molecule has 3 N–H and O–H groups in total. The van der Waals surface area contributed by atoms with Gasteiger partial charge in [-0.3, -0.25) is 0 Å². The van der Waals surface area contributed by atoms with Crippen LogP contribution in [0.25, 0.3) is 0 Å². The minimum Gasteiger partial charge on any atom is -0.409 e. The van der Waals surface area contributed by atoms with Crippen molar-refractivity contribution >= 4 is 11.7 Å². The SMILES string of the molecule is CCN(CC(F)(F)F)c1nc(C)ccc1C(N)=NO. The van der Waals surface area contributed by atoms with E-state index >= 15 is 0 Å². The van der Waals surface area contributed by atoms with E-state index in [9.17, 15) is 13.2 Å². The molecule has 0 unspecified atom stereocenters. The van der Waals surface area contributed by atoms with Gasteiger partial charge in [0.1, 0.15) is 12.4 Å². The number of amidine groups is 1. The molecule has 0 aliphatic rings. The van der Waals surface area contributed by atoms with Crippen molar-refractivity contribution in [2.75, 3.05) is 18.0 Å². The van der Waals surface area contributed by atoms with Gasteiger partial charge in [-0.15, -0.1) is 0 Å². The highest BCUT2D eigenvalue weighted by molar-refractivity contribution is 6.01. The lowest BCUT2D eigenvalue weighted by molar-refractivity contribution is -0.119. The predicted molar refractivity (Wildman–Crippen MR) is 65.4 cm³/mol. The monoisotopic (exact) mass is 276 g/mol. The fourth-order valence-corrected chi connectivity index (χ4v) is 1.59. The maximum Gasteiger partial charge on any atom is 0.405 e. The Morgan fingerprint density at radius 3 is 2.58 bits per heavy atom. The van der Waals surface area contributed by atoms with Crippen LogP contribution in [0.2, 0.25) is 0 Å². The molecule has 0 radical (unpaired) electrons. The summed E-state index contributed by atoms with van der Waals surface area (Å²) in [7, 11) is 0. The number of halogens is 3. The van der Waals surface area contributed by atoms with Gasteiger partial charge in [-0.1, -0.05) is 5.16 Å². The Kier molecular flexibility index (Phi) is 4.57. The van der Waals surface area contributed by atoms with Gasteiger partial charge in [0.25, 0.3) is 0 Å². The van der Waals surface area contributed by atoms with Crippen molar-refractivity contribution < 1.29 is 18.4 Å². The largest absolute Gasteiger partial charge is 0.409 e. The van der Waals surface area contributed by atoms with Crippen LogP contribution in [-0.2, 0) is 0 Å². The molecule has 0 saturated heterocycles. The van der Waals surface area contributed by atoms with Crippen molar-refractivity contribution in [3.8, 4) is 0 Å². The minimum atomic E-state index is -4.36. The van der Waals surface area contributed by atoms with Gasteiger partial charge in [0, 0.05) is 12.2 Å². The predicted octanol–water partition coefficient (Wildman–Crippen LogP) is 1.87. The molecule has 1 aromatic heterocycles. The average Bonchev–Trinajstić information content (AvgIpc) is 2.33. The number of rotatable bonds is 4. The Bertz CT molecular complexity index is 473. The number of aryl methyl sites for hydroxylation is 1. The number of oxime groups is 1. The Labute approximate surface area is 108 Å². The molecular weight excluding hydrogens is 261 g/mol. The van der Waals surface area contributed by atoms with Crippen molar-refractivity contribution in [2.24, 2.45) is 10.9 Å². The van der Waals surface area contributed by atoms with Crippen molar-refractivity contribution in [1.29, 1.82) is 0 Å². The molecule has 19 heavy (non-hydrogen) atoms. The number of nitrogens with zero attached hydrogens (tertiary/aromatic N) is 3. The number of alkyl halides is 3. The zero-order valence-corrected chi connectivity index (χ0v) is 10.6. The third-order valence-corrected chi connectivity index (χ3v) is 2.45. The summed E-state index contributed by atoms with van der Waals surface area (Å²) in [5.74, 6) is -0.224. The molecule has 0 fully saturated rings. The van der Waals surface area contributed by atoms with Crippen molar-refractivity contribution in [1.82, 2.24) is 4.98 Å². The summed E-state index contributed by atoms with van der Waals surface area (Å²) in [6, 6.07) is 3.06. The lowest BCUT2D eigenvalue weighted by Crippen LogP contribution is -2.36. The summed E-state index contributed by atoms with van der Waals surface area (Å²) >= 11 is 0. The number of hydrogen-bond acceptors (Lipinski definition) is 4. The molecule has 1 heterocycles. The van der Waals surface area contributed by atoms with Gasteiger partial charge in [-0.2, -0.15) is 13.2 Å². The molecular formula is C11H15F3N4O. The molecule has 0 amide bonds. The quantitative estimate of drug-likeness (QED) is 0.381. The van der Waals surface area contributed by atoms with Crippen molar-refractivity contribution in [3.05, 3.63) is 23.4 Å². The van der Waals surface area contributed by atoms with Crippen LogP contribution in [-0.4, -0.2) is 35.3 Å². The Hall–Kier alpha value is -1.99. The van der Waals surface area contributed by atoms with E-state index < -0.39 is 12.7 Å². The molecule has 5 nitrogen and oxygen atoms in total. The first kappa shape index (κ1) is 15.1. The summed E-state index contributed by atoms with van der Waals surface area (Å²) in [5.41, 5.74) is 6.17. The molecule has 0 bridgehead atoms. The number of pyridine rings is 1. The van der Waals surface area contributed by atoms with Gasteiger partial charge >= 0.3 is 6.18 Å². The zero-order chi connectivity index (χ0) is 14.6. The van der Waals surface area contributed by atoms with Crippen LogP contribution in [0.3, 0.4) is 0 Å². The summed E-state index contributed by atoms with van der Waals surface area (Å²) in [4.78, 5) is 5.08. The summed E-state index contributed by atoms with van der Waals surface area (Å²) in [6.45, 7) is 2.18. The van der Waals surface area contributed by atoms with Gasteiger partial charge in [-0.25, -0.2) is 4.98 Å². The Morgan fingerprint density at radius 1 is 1.47 bits per heavy atom. The molecule has 0 atom stereocenters. The Balaban J connectivity index is 3.25. The lowest BCUT2D eigenvalue weighted by Gasteiger charge is -2.25. The average molecular weight is 276 g/mol. The molecule has 0 aliphatic heterocycles. The van der Waals surface area contributed by atoms with Gasteiger partial charge in [0.15, 0.2) is 5.84 Å². The molecule has 1 aromatic rings. The lowest BCUT2D eigenvalue weighted by atomic mass is 10.2. The normalized spacial score (nSPS) is 12.6. The minimum absolute atomic E-state index is 0.0510. The van der Waals surface area contributed by atoms with Crippen LogP contribution >= 0.6 is 0 Å². The highest BCUT2D eigenvalue weighted by atomic mass is 19.4. The van der Waals surface area contributed by atoms with E-state index in [-0.39, 0.29) is 23.8 Å². The smallest absolute Gasteiger partial charge is 0.405 e. The highest BCUT2D eigenvalue weighted by Gasteiger charge is 2.32. The third-order valence-electron chi connectivity index (χ3n) is 2.45. The molecule has 0 aromatic carbocycles. The molecule has 0 spiro atoms. The summed E-state index contributed by atoms with van der Waals surface area (Å²) < 4.78 is 37.5. The summed E-state index contributed by atoms with van der Waals surface area (Å²) in [5, 5.41) is 11.5. The van der Waals surface area contributed by atoms with Crippen LogP contribution in [0.4, 0.5) is 19.0 Å².